The van der Waals surface area contributed by atoms with E-state index < -0.39 is 17.3 Å². The van der Waals surface area contributed by atoms with Crippen molar-refractivity contribution in [1.29, 1.82) is 0 Å². The Kier molecular flexibility index (Phi) is 2.96. The number of rotatable bonds is 2. The first-order valence-corrected chi connectivity index (χ1v) is 6.16. The zero-order chi connectivity index (χ0) is 15.2. The van der Waals surface area contributed by atoms with Gasteiger partial charge in [-0.25, -0.2) is 0 Å². The van der Waals surface area contributed by atoms with Gasteiger partial charge in [-0.1, -0.05) is 17.3 Å². The van der Waals surface area contributed by atoms with E-state index in [1.165, 1.54) is 0 Å². The van der Waals surface area contributed by atoms with Gasteiger partial charge < -0.3 is 9.51 Å². The van der Waals surface area contributed by atoms with Crippen LogP contribution in [-0.2, 0) is 6.18 Å². The topological polar surface area (TPSA) is 71.8 Å². The van der Waals surface area contributed by atoms with Gasteiger partial charge in [-0.15, -0.1) is 0 Å². The number of H-pyrrole nitrogens is 1. The second-order valence-corrected chi connectivity index (χ2v) is 4.93. The van der Waals surface area contributed by atoms with Crippen molar-refractivity contribution in [2.24, 2.45) is 0 Å². The van der Waals surface area contributed by atoms with Crippen molar-refractivity contribution >= 4 is 0 Å². The lowest BCUT2D eigenvalue weighted by Crippen LogP contribution is -2.21. The minimum atomic E-state index is -4.70. The van der Waals surface area contributed by atoms with Crippen molar-refractivity contribution in [2.75, 3.05) is 0 Å². The Morgan fingerprint density at radius 3 is 2.62 bits per heavy atom. The average molecular weight is 297 g/mol. The van der Waals surface area contributed by atoms with E-state index in [4.69, 9.17) is 4.52 Å². The Balaban J connectivity index is 1.89. The lowest BCUT2D eigenvalue weighted by atomic mass is 9.81. The third-order valence-corrected chi connectivity index (χ3v) is 3.32. The predicted octanol–water partition coefficient (Wildman–Crippen LogP) is 2.88. The fourth-order valence-electron chi connectivity index (χ4n) is 2.15. The quantitative estimate of drug-likeness (QED) is 0.865. The maximum atomic E-state index is 12.5. The molecule has 2 aromatic heterocycles. The molecule has 1 N–H and O–H groups in total. The summed E-state index contributed by atoms with van der Waals surface area (Å²) in [4.78, 5) is 17.6. The summed E-state index contributed by atoms with van der Waals surface area (Å²) in [5.74, 6) is 0.586. The third-order valence-electron chi connectivity index (χ3n) is 3.32. The van der Waals surface area contributed by atoms with E-state index in [0.717, 1.165) is 24.5 Å². The second kappa shape index (κ2) is 4.57. The fourth-order valence-corrected chi connectivity index (χ4v) is 2.15. The zero-order valence-corrected chi connectivity index (χ0v) is 10.7. The molecule has 0 radical (unpaired) electrons. The van der Waals surface area contributed by atoms with E-state index >= 15 is 0 Å². The van der Waals surface area contributed by atoms with Crippen LogP contribution in [0.2, 0.25) is 0 Å². The van der Waals surface area contributed by atoms with Gasteiger partial charge in [0.25, 0.3) is 11.4 Å². The molecule has 0 bridgehead atoms. The highest BCUT2D eigenvalue weighted by Gasteiger charge is 2.34. The van der Waals surface area contributed by atoms with E-state index in [0.29, 0.717) is 11.9 Å². The molecule has 1 fully saturated rings. The van der Waals surface area contributed by atoms with Crippen molar-refractivity contribution in [2.45, 2.75) is 24.9 Å². The molecule has 5 nitrogen and oxygen atoms in total. The molecule has 0 aromatic carbocycles. The monoisotopic (exact) mass is 297 g/mol. The smallest absolute Gasteiger partial charge is 0.332 e. The molecule has 0 aliphatic heterocycles. The first-order chi connectivity index (χ1) is 9.84. The van der Waals surface area contributed by atoms with Crippen LogP contribution in [0.5, 0.6) is 0 Å². The molecule has 8 heteroatoms. The molecular formula is C13H10F3N3O2. The summed E-state index contributed by atoms with van der Waals surface area (Å²) in [6.45, 7) is 3.81. The number of pyridine rings is 1. The van der Waals surface area contributed by atoms with Crippen LogP contribution < -0.4 is 5.56 Å². The summed E-state index contributed by atoms with van der Waals surface area (Å²) < 4.78 is 42.5. The first kappa shape index (κ1) is 13.6. The van der Waals surface area contributed by atoms with Crippen LogP contribution in [-0.4, -0.2) is 15.1 Å². The third kappa shape index (κ3) is 2.48. The standard InChI is InChI=1S/C13H10F3N3O2/c1-6-4-7(5-6)10-18-12(21-19-10)9-3-2-8(11(20)17-9)13(14,15)16/h2-3,7H,1,4-5H2,(H,17,20). The van der Waals surface area contributed by atoms with Crippen molar-refractivity contribution < 1.29 is 17.7 Å². The minimum absolute atomic E-state index is 0.00617. The van der Waals surface area contributed by atoms with E-state index in [1.54, 1.807) is 0 Å². The number of halogens is 3. The van der Waals surface area contributed by atoms with Crippen molar-refractivity contribution in [3.63, 3.8) is 0 Å². The van der Waals surface area contributed by atoms with E-state index in [-0.39, 0.29) is 17.5 Å². The summed E-state index contributed by atoms with van der Waals surface area (Å²) >= 11 is 0. The SMILES string of the molecule is C=C1CC(c2noc(-c3ccc(C(F)(F)F)c(=O)[nH]3)n2)C1. The molecule has 3 rings (SSSR count). The molecule has 1 aliphatic rings. The van der Waals surface area contributed by atoms with Crippen LogP contribution in [0.1, 0.15) is 30.1 Å². The van der Waals surface area contributed by atoms with Crippen LogP contribution in [0.4, 0.5) is 13.2 Å². The molecule has 1 saturated carbocycles. The minimum Gasteiger partial charge on any atom is -0.332 e. The van der Waals surface area contributed by atoms with Crippen molar-refractivity contribution in [3.8, 4) is 11.6 Å². The van der Waals surface area contributed by atoms with Gasteiger partial charge in [0.2, 0.25) is 0 Å². The molecule has 21 heavy (non-hydrogen) atoms. The Bertz CT molecular complexity index is 753. The molecular weight excluding hydrogens is 287 g/mol. The highest BCUT2D eigenvalue weighted by molar-refractivity contribution is 5.47. The van der Waals surface area contributed by atoms with Crippen LogP contribution in [0.25, 0.3) is 11.6 Å². The van der Waals surface area contributed by atoms with Gasteiger partial charge in [-0.3, -0.25) is 4.79 Å². The summed E-state index contributed by atoms with van der Waals surface area (Å²) in [5.41, 5.74) is -1.35. The summed E-state index contributed by atoms with van der Waals surface area (Å²) in [5, 5.41) is 3.78. The molecule has 0 spiro atoms. The number of hydrogen-bond donors (Lipinski definition) is 1. The highest BCUT2D eigenvalue weighted by atomic mass is 19.4. The normalized spacial score (nSPS) is 16.0. The number of aromatic nitrogens is 3. The Morgan fingerprint density at radius 2 is 2.05 bits per heavy atom. The van der Waals surface area contributed by atoms with Gasteiger partial charge in [0.05, 0.1) is 0 Å². The predicted molar refractivity (Wildman–Crippen MR) is 66.5 cm³/mol. The Labute approximate surface area is 116 Å². The van der Waals surface area contributed by atoms with Gasteiger partial charge in [0.1, 0.15) is 11.3 Å². The largest absolute Gasteiger partial charge is 0.421 e. The van der Waals surface area contributed by atoms with Gasteiger partial charge in [-0.05, 0) is 25.0 Å². The van der Waals surface area contributed by atoms with Crippen LogP contribution in [0, 0.1) is 0 Å². The highest BCUT2D eigenvalue weighted by Crippen LogP contribution is 2.39. The average Bonchev–Trinajstić information content (AvgIpc) is 2.82. The second-order valence-electron chi connectivity index (χ2n) is 4.93. The maximum Gasteiger partial charge on any atom is 0.421 e. The number of nitrogens with zero attached hydrogens (tertiary/aromatic N) is 2. The first-order valence-electron chi connectivity index (χ1n) is 6.16. The van der Waals surface area contributed by atoms with E-state index in [9.17, 15) is 18.0 Å². The maximum absolute atomic E-state index is 12.5. The lowest BCUT2D eigenvalue weighted by Gasteiger charge is -2.24. The van der Waals surface area contributed by atoms with Crippen LogP contribution in [0.15, 0.2) is 33.6 Å². The molecule has 0 unspecified atom stereocenters. The summed E-state index contributed by atoms with van der Waals surface area (Å²) in [6.07, 6.45) is -3.16. The molecule has 2 heterocycles. The molecule has 0 atom stereocenters. The fraction of sp³-hybridized carbons (Fsp3) is 0.308. The number of hydrogen-bond acceptors (Lipinski definition) is 4. The number of nitrogens with one attached hydrogen (secondary N) is 1. The number of aromatic amines is 1. The zero-order valence-electron chi connectivity index (χ0n) is 10.7. The van der Waals surface area contributed by atoms with Crippen LogP contribution in [0.3, 0.4) is 0 Å². The number of allylic oxidation sites excluding steroid dienone is 1. The van der Waals surface area contributed by atoms with Gasteiger partial charge >= 0.3 is 6.18 Å². The molecule has 2 aromatic rings. The molecule has 0 amide bonds. The Hall–Kier alpha value is -2.38. The van der Waals surface area contributed by atoms with Crippen molar-refractivity contribution in [1.82, 2.24) is 15.1 Å². The van der Waals surface area contributed by atoms with Gasteiger partial charge in [-0.2, -0.15) is 18.2 Å². The number of alkyl halides is 3. The summed E-state index contributed by atoms with van der Waals surface area (Å²) in [7, 11) is 0. The summed E-state index contributed by atoms with van der Waals surface area (Å²) in [6, 6.07) is 1.80. The Morgan fingerprint density at radius 1 is 1.33 bits per heavy atom. The van der Waals surface area contributed by atoms with Gasteiger partial charge in [0, 0.05) is 5.92 Å². The van der Waals surface area contributed by atoms with E-state index in [2.05, 4.69) is 21.7 Å². The van der Waals surface area contributed by atoms with E-state index in [1.807, 2.05) is 0 Å². The van der Waals surface area contributed by atoms with Gasteiger partial charge in [0.15, 0.2) is 5.82 Å². The van der Waals surface area contributed by atoms with Crippen LogP contribution >= 0.6 is 0 Å². The molecule has 0 saturated heterocycles. The molecule has 1 aliphatic carbocycles. The van der Waals surface area contributed by atoms with Crippen molar-refractivity contribution in [3.05, 3.63) is 46.0 Å². The molecule has 110 valence electrons. The lowest BCUT2D eigenvalue weighted by molar-refractivity contribution is -0.138.